The first-order valence-corrected chi connectivity index (χ1v) is 5.46. The number of rotatable bonds is 3. The van der Waals surface area contributed by atoms with E-state index in [-0.39, 0.29) is 0 Å². The van der Waals surface area contributed by atoms with E-state index in [4.69, 9.17) is 10.5 Å². The summed E-state index contributed by atoms with van der Waals surface area (Å²) in [7, 11) is 2.83. The van der Waals surface area contributed by atoms with Crippen LogP contribution in [-0.4, -0.2) is 26.4 Å². The molecule has 0 saturated carbocycles. The summed E-state index contributed by atoms with van der Waals surface area (Å²) >= 11 is 1.51. The van der Waals surface area contributed by atoms with Crippen LogP contribution in [0.25, 0.3) is 0 Å². The van der Waals surface area contributed by atoms with Gasteiger partial charge >= 0.3 is 5.97 Å². The van der Waals surface area contributed by atoms with Crippen LogP contribution in [0.2, 0.25) is 0 Å². The Morgan fingerprint density at radius 3 is 2.53 bits per heavy atom. The van der Waals surface area contributed by atoms with Gasteiger partial charge in [0.05, 0.1) is 25.5 Å². The molecule has 0 amide bonds. The molecule has 4 nitrogen and oxygen atoms in total. The van der Waals surface area contributed by atoms with Gasteiger partial charge in [-0.15, -0.1) is 11.8 Å². The Bertz CT molecular complexity index is 379. The van der Waals surface area contributed by atoms with E-state index in [9.17, 15) is 4.79 Å². The van der Waals surface area contributed by atoms with Crippen molar-refractivity contribution in [3.05, 3.63) is 17.7 Å². The number of thioether (sulfide) groups is 1. The summed E-state index contributed by atoms with van der Waals surface area (Å²) in [5.74, 6) is 0.0314. The summed E-state index contributed by atoms with van der Waals surface area (Å²) in [6.45, 7) is 0. The van der Waals surface area contributed by atoms with E-state index in [2.05, 4.69) is 4.74 Å². The maximum Gasteiger partial charge on any atom is 0.340 e. The van der Waals surface area contributed by atoms with E-state index in [1.807, 2.05) is 6.26 Å². The van der Waals surface area contributed by atoms with Crippen molar-refractivity contribution < 1.29 is 14.3 Å². The molecular formula is C10H13NO3S. The molecule has 2 N–H and O–H groups in total. The van der Waals surface area contributed by atoms with E-state index in [1.165, 1.54) is 26.0 Å². The maximum atomic E-state index is 11.4. The molecule has 0 radical (unpaired) electrons. The molecule has 0 heterocycles. The third kappa shape index (κ3) is 2.36. The maximum absolute atomic E-state index is 11.4. The van der Waals surface area contributed by atoms with Gasteiger partial charge in [0.2, 0.25) is 0 Å². The summed E-state index contributed by atoms with van der Waals surface area (Å²) in [6, 6.07) is 3.47. The van der Waals surface area contributed by atoms with Crippen molar-refractivity contribution in [3.63, 3.8) is 0 Å². The number of methoxy groups -OCH3 is 2. The minimum absolute atomic E-state index is 0.308. The van der Waals surface area contributed by atoms with Crippen LogP contribution in [-0.2, 0) is 4.74 Å². The summed E-state index contributed by atoms with van der Waals surface area (Å²) in [6.07, 6.45) is 1.91. The molecule has 0 aliphatic carbocycles. The average molecular weight is 227 g/mol. The topological polar surface area (TPSA) is 61.5 Å². The molecule has 0 spiro atoms. The molecule has 82 valence electrons. The van der Waals surface area contributed by atoms with Gasteiger partial charge in [0.15, 0.2) is 0 Å². The van der Waals surface area contributed by atoms with Gasteiger partial charge in [0.25, 0.3) is 0 Å². The van der Waals surface area contributed by atoms with E-state index >= 15 is 0 Å². The Morgan fingerprint density at radius 1 is 1.40 bits per heavy atom. The highest BCUT2D eigenvalue weighted by Crippen LogP contribution is 2.31. The average Bonchev–Trinajstić information content (AvgIpc) is 2.28. The number of nitrogens with two attached hydrogens (primary N) is 1. The Balaban J connectivity index is 3.30. The predicted octanol–water partition coefficient (Wildman–Crippen LogP) is 1.79. The van der Waals surface area contributed by atoms with Crippen molar-refractivity contribution in [1.29, 1.82) is 0 Å². The highest BCUT2D eigenvalue weighted by molar-refractivity contribution is 7.98. The van der Waals surface area contributed by atoms with Crippen molar-refractivity contribution in [3.8, 4) is 5.75 Å². The van der Waals surface area contributed by atoms with Gasteiger partial charge in [0, 0.05) is 4.90 Å². The van der Waals surface area contributed by atoms with Crippen molar-refractivity contribution in [1.82, 2.24) is 0 Å². The third-order valence-corrected chi connectivity index (χ3v) is 2.68. The lowest BCUT2D eigenvalue weighted by Crippen LogP contribution is -2.07. The van der Waals surface area contributed by atoms with E-state index in [0.717, 1.165) is 4.90 Å². The van der Waals surface area contributed by atoms with E-state index < -0.39 is 5.97 Å². The predicted molar refractivity (Wildman–Crippen MR) is 60.5 cm³/mol. The van der Waals surface area contributed by atoms with Gasteiger partial charge in [-0.1, -0.05) is 0 Å². The van der Waals surface area contributed by atoms with Crippen LogP contribution >= 0.6 is 11.8 Å². The Morgan fingerprint density at radius 2 is 2.07 bits per heavy atom. The molecule has 0 aliphatic heterocycles. The highest BCUT2D eigenvalue weighted by atomic mass is 32.2. The molecule has 0 aliphatic rings. The minimum Gasteiger partial charge on any atom is -0.495 e. The van der Waals surface area contributed by atoms with Crippen molar-refractivity contribution in [2.45, 2.75) is 4.90 Å². The fraction of sp³-hybridized carbons (Fsp3) is 0.300. The third-order valence-electron chi connectivity index (χ3n) is 1.98. The summed E-state index contributed by atoms with van der Waals surface area (Å²) in [4.78, 5) is 12.3. The number of nitrogen functional groups attached to an aromatic ring is 1. The standard InChI is InChI=1S/C10H13NO3S/c1-13-8-5-6(15-3)4-7(9(8)11)10(12)14-2/h4-5H,11H2,1-3H3. The van der Waals surface area contributed by atoms with Crippen LogP contribution in [0.15, 0.2) is 17.0 Å². The largest absolute Gasteiger partial charge is 0.495 e. The molecule has 1 aromatic rings. The number of esters is 1. The van der Waals surface area contributed by atoms with Gasteiger partial charge in [-0.3, -0.25) is 0 Å². The number of hydrogen-bond acceptors (Lipinski definition) is 5. The number of benzene rings is 1. The molecule has 5 heteroatoms. The normalized spacial score (nSPS) is 9.80. The van der Waals surface area contributed by atoms with Crippen LogP contribution in [0.5, 0.6) is 5.75 Å². The molecule has 0 bridgehead atoms. The molecule has 0 fully saturated rings. The number of hydrogen-bond donors (Lipinski definition) is 1. The molecule has 15 heavy (non-hydrogen) atoms. The molecule has 0 aromatic heterocycles. The van der Waals surface area contributed by atoms with Gasteiger partial charge in [-0.2, -0.15) is 0 Å². The molecule has 1 aromatic carbocycles. The zero-order valence-electron chi connectivity index (χ0n) is 8.87. The Hall–Kier alpha value is -1.36. The summed E-state index contributed by atoms with van der Waals surface area (Å²) in [5.41, 5.74) is 6.40. The molecule has 0 unspecified atom stereocenters. The van der Waals surface area contributed by atoms with Crippen LogP contribution in [0.3, 0.4) is 0 Å². The van der Waals surface area contributed by atoms with Crippen molar-refractivity contribution in [2.24, 2.45) is 0 Å². The molecule has 0 atom stereocenters. The number of carbonyl (C=O) groups is 1. The van der Waals surface area contributed by atoms with Crippen LogP contribution in [0, 0.1) is 0 Å². The summed E-state index contributed by atoms with van der Waals surface area (Å²) < 4.78 is 9.71. The molecule has 0 saturated heterocycles. The van der Waals surface area contributed by atoms with Crippen LogP contribution < -0.4 is 10.5 Å². The Kier molecular flexibility index (Phi) is 3.85. The van der Waals surface area contributed by atoms with Crippen molar-refractivity contribution in [2.75, 3.05) is 26.2 Å². The first-order chi connectivity index (χ1) is 7.13. The van der Waals surface area contributed by atoms with E-state index in [1.54, 1.807) is 12.1 Å². The lowest BCUT2D eigenvalue weighted by molar-refractivity contribution is 0.0601. The molecular weight excluding hydrogens is 214 g/mol. The number of anilines is 1. The highest BCUT2D eigenvalue weighted by Gasteiger charge is 2.15. The zero-order chi connectivity index (χ0) is 11.4. The fourth-order valence-electron chi connectivity index (χ4n) is 1.17. The second-order valence-electron chi connectivity index (χ2n) is 2.78. The lowest BCUT2D eigenvalue weighted by atomic mass is 10.1. The minimum atomic E-state index is -0.457. The van der Waals surface area contributed by atoms with Crippen LogP contribution in [0.1, 0.15) is 10.4 Å². The zero-order valence-corrected chi connectivity index (χ0v) is 9.68. The van der Waals surface area contributed by atoms with Gasteiger partial charge in [-0.25, -0.2) is 4.79 Å². The smallest absolute Gasteiger partial charge is 0.340 e. The number of ether oxygens (including phenoxy) is 2. The van der Waals surface area contributed by atoms with E-state index in [0.29, 0.717) is 17.0 Å². The van der Waals surface area contributed by atoms with Crippen molar-refractivity contribution >= 4 is 23.4 Å². The monoisotopic (exact) mass is 227 g/mol. The van der Waals surface area contributed by atoms with Gasteiger partial charge < -0.3 is 15.2 Å². The van der Waals surface area contributed by atoms with Gasteiger partial charge in [0.1, 0.15) is 5.75 Å². The first-order valence-electron chi connectivity index (χ1n) is 4.23. The first kappa shape index (κ1) is 11.7. The number of carbonyl (C=O) groups excluding carboxylic acids is 1. The second-order valence-corrected chi connectivity index (χ2v) is 3.66. The van der Waals surface area contributed by atoms with Crippen LogP contribution in [0.4, 0.5) is 5.69 Å². The van der Waals surface area contributed by atoms with Gasteiger partial charge in [-0.05, 0) is 18.4 Å². The summed E-state index contributed by atoms with van der Waals surface area (Å²) in [5, 5.41) is 0. The molecule has 1 rings (SSSR count). The SMILES string of the molecule is COC(=O)c1cc(SC)cc(OC)c1N. The quantitative estimate of drug-likeness (QED) is 0.484. The second kappa shape index (κ2) is 4.93. The Labute approximate surface area is 92.7 Å². The lowest BCUT2D eigenvalue weighted by Gasteiger charge is -2.10. The fourth-order valence-corrected chi connectivity index (χ4v) is 1.63.